The quantitative estimate of drug-likeness (QED) is 0.549. The molecular formula is C23H26F3N3O3S. The summed E-state index contributed by atoms with van der Waals surface area (Å²) in [6, 6.07) is 13.6. The molecule has 0 aliphatic heterocycles. The number of benzene rings is 2. The molecule has 2 aromatic carbocycles. The lowest BCUT2D eigenvalue weighted by Gasteiger charge is -2.22. The van der Waals surface area contributed by atoms with E-state index in [0.29, 0.717) is 21.8 Å². The summed E-state index contributed by atoms with van der Waals surface area (Å²) in [4.78, 5) is 36.8. The lowest BCUT2D eigenvalue weighted by atomic mass is 10.2. The summed E-state index contributed by atoms with van der Waals surface area (Å²) in [6.07, 6.45) is -4.94. The maximum absolute atomic E-state index is 12.7. The fourth-order valence-electron chi connectivity index (χ4n) is 2.83. The van der Waals surface area contributed by atoms with Gasteiger partial charge in [-0.1, -0.05) is 29.8 Å². The molecule has 2 aromatic rings. The summed E-state index contributed by atoms with van der Waals surface area (Å²) in [5, 5.41) is 4.91. The van der Waals surface area contributed by atoms with E-state index < -0.39 is 17.3 Å². The Balaban J connectivity index is 1.89. The molecule has 0 fully saturated rings. The van der Waals surface area contributed by atoms with Crippen molar-refractivity contribution in [2.75, 3.05) is 22.9 Å². The van der Waals surface area contributed by atoms with Crippen LogP contribution in [-0.4, -0.2) is 46.3 Å². The van der Waals surface area contributed by atoms with Crippen LogP contribution in [0.5, 0.6) is 0 Å². The second-order valence-corrected chi connectivity index (χ2v) is 8.70. The Morgan fingerprint density at radius 3 is 2.30 bits per heavy atom. The summed E-state index contributed by atoms with van der Waals surface area (Å²) in [6.45, 7) is 4.72. The summed E-state index contributed by atoms with van der Waals surface area (Å²) < 4.78 is 38.2. The number of rotatable bonds is 9. The van der Waals surface area contributed by atoms with Crippen LogP contribution in [0.3, 0.4) is 0 Å². The van der Waals surface area contributed by atoms with E-state index in [9.17, 15) is 27.6 Å². The maximum Gasteiger partial charge on any atom is 0.471 e. The van der Waals surface area contributed by atoms with Crippen molar-refractivity contribution in [2.45, 2.75) is 38.7 Å². The number of hydrogen-bond acceptors (Lipinski definition) is 4. The minimum absolute atomic E-state index is 0.0769. The Kier molecular flexibility index (Phi) is 9.33. The highest BCUT2D eigenvalue weighted by atomic mass is 32.2. The highest BCUT2D eigenvalue weighted by Gasteiger charge is 2.41. The number of thioether (sulfide) groups is 1. The Hall–Kier alpha value is -3.01. The molecule has 0 bridgehead atoms. The number of alkyl halides is 3. The van der Waals surface area contributed by atoms with E-state index in [0.717, 1.165) is 17.3 Å². The molecule has 0 aliphatic rings. The third-order valence-corrected chi connectivity index (χ3v) is 5.79. The van der Waals surface area contributed by atoms with Gasteiger partial charge in [0.25, 0.3) is 0 Å². The predicted molar refractivity (Wildman–Crippen MR) is 124 cm³/mol. The minimum Gasteiger partial charge on any atom is -0.331 e. The second kappa shape index (κ2) is 11.7. The average molecular weight is 482 g/mol. The Morgan fingerprint density at radius 1 is 1.03 bits per heavy atom. The monoisotopic (exact) mass is 481 g/mol. The van der Waals surface area contributed by atoms with Gasteiger partial charge in [-0.15, -0.1) is 11.8 Å². The molecule has 3 amide bonds. The van der Waals surface area contributed by atoms with Crippen molar-refractivity contribution in [1.82, 2.24) is 4.90 Å². The molecule has 0 heterocycles. The van der Waals surface area contributed by atoms with Crippen molar-refractivity contribution in [2.24, 2.45) is 0 Å². The van der Waals surface area contributed by atoms with Crippen molar-refractivity contribution in [3.63, 3.8) is 0 Å². The Bertz CT molecular complexity index is 981. The standard InChI is InChI=1S/C23H26F3N3O3S/c1-4-29(22(32)23(24,25)26)13-17-6-5-7-19(12-17)28-21(31)16(3)33-14-20(30)27-18-10-8-15(2)9-11-18/h5-12,16H,4,13-14H2,1-3H3,(H,27,30)(H,28,31). The van der Waals surface area contributed by atoms with Gasteiger partial charge in [-0.05, 0) is 50.6 Å². The Morgan fingerprint density at radius 2 is 1.70 bits per heavy atom. The third-order valence-electron chi connectivity index (χ3n) is 4.65. The molecular weight excluding hydrogens is 455 g/mol. The molecule has 1 atom stereocenters. The lowest BCUT2D eigenvalue weighted by molar-refractivity contribution is -0.185. The van der Waals surface area contributed by atoms with Crippen molar-refractivity contribution in [3.8, 4) is 0 Å². The summed E-state index contributed by atoms with van der Waals surface area (Å²) >= 11 is 1.16. The van der Waals surface area contributed by atoms with E-state index >= 15 is 0 Å². The third kappa shape index (κ3) is 8.45. The van der Waals surface area contributed by atoms with Gasteiger partial charge < -0.3 is 15.5 Å². The molecule has 2 rings (SSSR count). The molecule has 0 radical (unpaired) electrons. The van der Waals surface area contributed by atoms with Gasteiger partial charge in [0.05, 0.1) is 11.0 Å². The van der Waals surface area contributed by atoms with Gasteiger partial charge in [0.15, 0.2) is 0 Å². The number of amides is 3. The normalized spacial score (nSPS) is 12.1. The lowest BCUT2D eigenvalue weighted by Crippen LogP contribution is -2.40. The van der Waals surface area contributed by atoms with Crippen LogP contribution in [0.4, 0.5) is 24.5 Å². The second-order valence-electron chi connectivity index (χ2n) is 7.37. The summed E-state index contributed by atoms with van der Waals surface area (Å²) in [5.41, 5.74) is 2.59. The van der Waals surface area contributed by atoms with Crippen LogP contribution < -0.4 is 10.6 Å². The van der Waals surface area contributed by atoms with Crippen LogP contribution in [0, 0.1) is 6.92 Å². The molecule has 2 N–H and O–H groups in total. The van der Waals surface area contributed by atoms with Crippen LogP contribution in [0.2, 0.25) is 0 Å². The van der Waals surface area contributed by atoms with E-state index in [2.05, 4.69) is 10.6 Å². The highest BCUT2D eigenvalue weighted by molar-refractivity contribution is 8.01. The van der Waals surface area contributed by atoms with E-state index in [-0.39, 0.29) is 30.7 Å². The SMILES string of the molecule is CCN(Cc1cccc(NC(=O)C(C)SCC(=O)Nc2ccc(C)cc2)c1)C(=O)C(F)(F)F. The zero-order chi connectivity index (χ0) is 24.6. The molecule has 0 aromatic heterocycles. The molecule has 0 saturated carbocycles. The number of aryl methyl sites for hydroxylation is 1. The van der Waals surface area contributed by atoms with Gasteiger partial charge in [-0.25, -0.2) is 0 Å². The smallest absolute Gasteiger partial charge is 0.331 e. The van der Waals surface area contributed by atoms with E-state index in [1.807, 2.05) is 19.1 Å². The summed E-state index contributed by atoms with van der Waals surface area (Å²) in [7, 11) is 0. The minimum atomic E-state index is -4.94. The van der Waals surface area contributed by atoms with E-state index in [4.69, 9.17) is 0 Å². The highest BCUT2D eigenvalue weighted by Crippen LogP contribution is 2.21. The van der Waals surface area contributed by atoms with Gasteiger partial charge in [-0.3, -0.25) is 14.4 Å². The maximum atomic E-state index is 12.7. The van der Waals surface area contributed by atoms with Crippen LogP contribution in [0.15, 0.2) is 48.5 Å². The molecule has 10 heteroatoms. The number of nitrogens with zero attached hydrogens (tertiary/aromatic N) is 1. The zero-order valence-electron chi connectivity index (χ0n) is 18.5. The van der Waals surface area contributed by atoms with Gasteiger partial charge in [0, 0.05) is 24.5 Å². The van der Waals surface area contributed by atoms with Crippen molar-refractivity contribution in [1.29, 1.82) is 0 Å². The molecule has 0 saturated heterocycles. The largest absolute Gasteiger partial charge is 0.471 e. The number of carbonyl (C=O) groups is 3. The first-order valence-corrected chi connectivity index (χ1v) is 11.3. The Labute approximate surface area is 194 Å². The van der Waals surface area contributed by atoms with E-state index in [1.165, 1.54) is 13.0 Å². The first kappa shape index (κ1) is 26.2. The predicted octanol–water partition coefficient (Wildman–Crippen LogP) is 4.60. The fourth-order valence-corrected chi connectivity index (χ4v) is 3.51. The topological polar surface area (TPSA) is 78.5 Å². The fraction of sp³-hybridized carbons (Fsp3) is 0.348. The van der Waals surface area contributed by atoms with E-state index in [1.54, 1.807) is 37.3 Å². The number of hydrogen-bond donors (Lipinski definition) is 2. The van der Waals surface area contributed by atoms with Crippen LogP contribution >= 0.6 is 11.8 Å². The van der Waals surface area contributed by atoms with Crippen LogP contribution in [0.1, 0.15) is 25.0 Å². The van der Waals surface area contributed by atoms with Crippen LogP contribution in [-0.2, 0) is 20.9 Å². The molecule has 178 valence electrons. The molecule has 6 nitrogen and oxygen atoms in total. The number of anilines is 2. The zero-order valence-corrected chi connectivity index (χ0v) is 19.3. The summed E-state index contributed by atoms with van der Waals surface area (Å²) in [5.74, 6) is -2.42. The van der Waals surface area contributed by atoms with Crippen molar-refractivity contribution < 1.29 is 27.6 Å². The van der Waals surface area contributed by atoms with Crippen LogP contribution in [0.25, 0.3) is 0 Å². The van der Waals surface area contributed by atoms with Gasteiger partial charge >= 0.3 is 12.1 Å². The average Bonchev–Trinajstić information content (AvgIpc) is 2.76. The number of halogens is 3. The van der Waals surface area contributed by atoms with Crippen molar-refractivity contribution >= 4 is 40.9 Å². The first-order valence-electron chi connectivity index (χ1n) is 10.2. The number of carbonyl (C=O) groups excluding carboxylic acids is 3. The van der Waals surface area contributed by atoms with Gasteiger partial charge in [0.1, 0.15) is 0 Å². The molecule has 1 unspecified atom stereocenters. The van der Waals surface area contributed by atoms with Crippen molar-refractivity contribution in [3.05, 3.63) is 59.7 Å². The molecule has 33 heavy (non-hydrogen) atoms. The van der Waals surface area contributed by atoms with Gasteiger partial charge in [-0.2, -0.15) is 13.2 Å². The van der Waals surface area contributed by atoms with Gasteiger partial charge in [0.2, 0.25) is 11.8 Å². The molecule has 0 aliphatic carbocycles. The molecule has 0 spiro atoms. The first-order chi connectivity index (χ1) is 15.5. The number of nitrogens with one attached hydrogen (secondary N) is 2.